The van der Waals surface area contributed by atoms with Crippen LogP contribution in [-0.2, 0) is 10.8 Å². The Morgan fingerprint density at radius 2 is 0.614 bits per heavy atom. The lowest BCUT2D eigenvalue weighted by Crippen LogP contribution is -2.26. The monoisotopic (exact) mass is 721 g/mol. The second kappa shape index (κ2) is 11.2. The molecule has 0 aliphatic heterocycles. The number of para-hydroxylation sites is 1. The van der Waals surface area contributed by atoms with Crippen molar-refractivity contribution in [1.82, 2.24) is 0 Å². The van der Waals surface area contributed by atoms with Gasteiger partial charge in [0.25, 0.3) is 0 Å². The van der Waals surface area contributed by atoms with Gasteiger partial charge >= 0.3 is 0 Å². The first-order valence-corrected chi connectivity index (χ1v) is 20.0. The molecule has 0 fully saturated rings. The first-order valence-electron chi connectivity index (χ1n) is 20.0. The fourth-order valence-electron chi connectivity index (χ4n) is 11.5. The molecule has 264 valence electrons. The molecule has 0 atom stereocenters. The Labute approximate surface area is 332 Å². The molecule has 1 nitrogen and oxygen atoms in total. The zero-order valence-electron chi connectivity index (χ0n) is 31.2. The molecule has 0 radical (unpaired) electrons. The quantitative estimate of drug-likeness (QED) is 0.176. The van der Waals surface area contributed by atoms with Crippen molar-refractivity contribution in [3.05, 3.63) is 257 Å². The summed E-state index contributed by atoms with van der Waals surface area (Å²) in [5, 5.41) is 0. The first kappa shape index (κ1) is 31.0. The fourth-order valence-corrected chi connectivity index (χ4v) is 11.5. The zero-order chi connectivity index (χ0) is 37.3. The van der Waals surface area contributed by atoms with E-state index in [1.165, 1.54) is 94.7 Å². The largest absolute Gasteiger partial charge is 0.310 e. The van der Waals surface area contributed by atoms with Crippen LogP contribution in [-0.4, -0.2) is 0 Å². The molecular formula is C56H35N. The van der Waals surface area contributed by atoms with E-state index in [2.05, 4.69) is 217 Å². The second-order valence-corrected chi connectivity index (χ2v) is 15.9. The van der Waals surface area contributed by atoms with E-state index in [1.807, 2.05) is 0 Å². The number of fused-ring (bicyclic) bond motifs is 20. The SMILES string of the molecule is c1ccc(N(c2ccc3c(c2)-c2ccccc2C32c3ccccc3-c3ccccc32)c2cccc3c2-c2ccccc2C32c3ccccc3-c3ccccc32)cc1. The summed E-state index contributed by atoms with van der Waals surface area (Å²) in [5.41, 5.74) is 24.0. The maximum Gasteiger partial charge on any atom is 0.0726 e. The molecule has 0 bridgehead atoms. The summed E-state index contributed by atoms with van der Waals surface area (Å²) < 4.78 is 0. The number of anilines is 3. The average Bonchev–Trinajstić information content (AvgIpc) is 3.96. The summed E-state index contributed by atoms with van der Waals surface area (Å²) in [6.07, 6.45) is 0. The lowest BCUT2D eigenvalue weighted by atomic mass is 9.70. The maximum atomic E-state index is 2.51. The van der Waals surface area contributed by atoms with E-state index in [0.29, 0.717) is 0 Å². The highest BCUT2D eigenvalue weighted by Gasteiger charge is 2.53. The Kier molecular flexibility index (Phi) is 6.09. The summed E-state index contributed by atoms with van der Waals surface area (Å²) in [7, 11) is 0. The first-order chi connectivity index (χ1) is 28.3. The second-order valence-electron chi connectivity index (χ2n) is 15.9. The third-order valence-corrected chi connectivity index (χ3v) is 13.5. The average molecular weight is 722 g/mol. The van der Waals surface area contributed by atoms with Crippen molar-refractivity contribution in [2.45, 2.75) is 10.8 Å². The molecule has 0 saturated heterocycles. The zero-order valence-corrected chi connectivity index (χ0v) is 31.2. The van der Waals surface area contributed by atoms with Gasteiger partial charge in [0.05, 0.1) is 16.5 Å². The molecule has 0 unspecified atom stereocenters. The molecule has 57 heavy (non-hydrogen) atoms. The normalized spacial score (nSPS) is 14.6. The number of nitrogens with zero attached hydrogens (tertiary/aromatic N) is 1. The van der Waals surface area contributed by atoms with Crippen LogP contribution in [0.1, 0.15) is 44.5 Å². The van der Waals surface area contributed by atoms with Gasteiger partial charge in [-0.2, -0.15) is 0 Å². The molecule has 4 aliphatic carbocycles. The van der Waals surface area contributed by atoms with Crippen LogP contribution in [0.25, 0.3) is 44.5 Å². The Bertz CT molecular complexity index is 3060. The molecule has 0 aromatic heterocycles. The van der Waals surface area contributed by atoms with Crippen molar-refractivity contribution in [1.29, 1.82) is 0 Å². The molecular weight excluding hydrogens is 687 g/mol. The third-order valence-electron chi connectivity index (χ3n) is 13.5. The van der Waals surface area contributed by atoms with Gasteiger partial charge in [0.2, 0.25) is 0 Å². The van der Waals surface area contributed by atoms with Gasteiger partial charge in [0, 0.05) is 16.9 Å². The van der Waals surface area contributed by atoms with Gasteiger partial charge in [-0.05, 0) is 114 Å². The number of benzene rings is 9. The number of rotatable bonds is 3. The minimum Gasteiger partial charge on any atom is -0.310 e. The van der Waals surface area contributed by atoms with E-state index in [-0.39, 0.29) is 5.41 Å². The van der Waals surface area contributed by atoms with Crippen LogP contribution >= 0.6 is 0 Å². The van der Waals surface area contributed by atoms with Gasteiger partial charge in [-0.3, -0.25) is 0 Å². The Morgan fingerprint density at radius 1 is 0.246 bits per heavy atom. The van der Waals surface area contributed by atoms with Crippen LogP contribution in [0.2, 0.25) is 0 Å². The van der Waals surface area contributed by atoms with Crippen LogP contribution in [0, 0.1) is 0 Å². The topological polar surface area (TPSA) is 3.24 Å². The third kappa shape index (κ3) is 3.70. The summed E-state index contributed by atoms with van der Waals surface area (Å²) in [4.78, 5) is 2.51. The van der Waals surface area contributed by atoms with Gasteiger partial charge in [0.15, 0.2) is 0 Å². The molecule has 2 spiro atoms. The summed E-state index contributed by atoms with van der Waals surface area (Å²) in [5.74, 6) is 0. The van der Waals surface area contributed by atoms with Gasteiger partial charge in [-0.15, -0.1) is 0 Å². The van der Waals surface area contributed by atoms with Crippen LogP contribution in [0.4, 0.5) is 17.1 Å². The van der Waals surface area contributed by atoms with Crippen molar-refractivity contribution >= 4 is 17.1 Å². The Morgan fingerprint density at radius 3 is 1.12 bits per heavy atom. The molecule has 4 aliphatic rings. The summed E-state index contributed by atoms with van der Waals surface area (Å²) in [6.45, 7) is 0. The van der Waals surface area contributed by atoms with Gasteiger partial charge in [-0.25, -0.2) is 0 Å². The highest BCUT2D eigenvalue weighted by atomic mass is 15.1. The van der Waals surface area contributed by atoms with E-state index >= 15 is 0 Å². The van der Waals surface area contributed by atoms with Crippen LogP contribution in [0.5, 0.6) is 0 Å². The minimum absolute atomic E-state index is 0.377. The summed E-state index contributed by atoms with van der Waals surface area (Å²) >= 11 is 0. The predicted octanol–water partition coefficient (Wildman–Crippen LogP) is 13.8. The lowest BCUT2D eigenvalue weighted by Gasteiger charge is -2.32. The predicted molar refractivity (Wildman–Crippen MR) is 234 cm³/mol. The standard InChI is InChI=1S/C56H35N/c1-2-17-36(18-3-1)57(37-33-34-51-44(35-37)42-23-8-14-29-49(42)55(51)45-25-10-4-19-38(45)39-20-5-11-26-46(39)55)53-32-16-31-52-54(53)43-24-9-15-30-50(43)56(52)47-27-12-6-21-40(47)41-22-7-13-28-48(41)56/h1-35H. The number of hydrogen-bond donors (Lipinski definition) is 0. The van der Waals surface area contributed by atoms with E-state index < -0.39 is 5.41 Å². The van der Waals surface area contributed by atoms with Gasteiger partial charge < -0.3 is 4.90 Å². The number of hydrogen-bond acceptors (Lipinski definition) is 1. The molecule has 0 amide bonds. The molecule has 9 aromatic carbocycles. The summed E-state index contributed by atoms with van der Waals surface area (Å²) in [6, 6.07) is 79.7. The molecule has 0 heterocycles. The van der Waals surface area contributed by atoms with Gasteiger partial charge in [0.1, 0.15) is 0 Å². The Balaban J connectivity index is 1.09. The van der Waals surface area contributed by atoms with Crippen molar-refractivity contribution in [3.63, 3.8) is 0 Å². The highest BCUT2D eigenvalue weighted by Crippen LogP contribution is 2.66. The molecule has 13 rings (SSSR count). The molecule has 1 heteroatoms. The van der Waals surface area contributed by atoms with Crippen LogP contribution in [0.3, 0.4) is 0 Å². The Hall–Kier alpha value is -7.22. The van der Waals surface area contributed by atoms with Crippen LogP contribution in [0.15, 0.2) is 212 Å². The molecule has 9 aromatic rings. The van der Waals surface area contributed by atoms with E-state index in [0.717, 1.165) is 11.4 Å². The van der Waals surface area contributed by atoms with Crippen molar-refractivity contribution in [3.8, 4) is 44.5 Å². The van der Waals surface area contributed by atoms with Crippen molar-refractivity contribution in [2.75, 3.05) is 4.90 Å². The fraction of sp³-hybridized carbons (Fsp3) is 0.0357. The van der Waals surface area contributed by atoms with Crippen molar-refractivity contribution < 1.29 is 0 Å². The van der Waals surface area contributed by atoms with E-state index in [4.69, 9.17) is 0 Å². The maximum absolute atomic E-state index is 2.51. The van der Waals surface area contributed by atoms with E-state index in [9.17, 15) is 0 Å². The van der Waals surface area contributed by atoms with Gasteiger partial charge in [-0.1, -0.05) is 182 Å². The molecule has 0 N–H and O–H groups in total. The molecule has 0 saturated carbocycles. The smallest absolute Gasteiger partial charge is 0.0726 e. The van der Waals surface area contributed by atoms with E-state index in [1.54, 1.807) is 0 Å². The lowest BCUT2D eigenvalue weighted by molar-refractivity contribution is 0.793. The minimum atomic E-state index is -0.413. The van der Waals surface area contributed by atoms with Crippen molar-refractivity contribution in [2.24, 2.45) is 0 Å². The highest BCUT2D eigenvalue weighted by molar-refractivity contribution is 6.02. The van der Waals surface area contributed by atoms with Crippen LogP contribution < -0.4 is 4.90 Å².